The Hall–Kier alpha value is -1.72. The normalized spacial score (nSPS) is 21.7. The second kappa shape index (κ2) is 6.54. The van der Waals surface area contributed by atoms with Crippen molar-refractivity contribution in [1.82, 2.24) is 13.9 Å². The maximum Gasteiger partial charge on any atom is 0.252 e. The summed E-state index contributed by atoms with van der Waals surface area (Å²) >= 11 is 3.34. The average Bonchev–Trinajstić information content (AvgIpc) is 3.09. The van der Waals surface area contributed by atoms with Gasteiger partial charge in [0.15, 0.2) is 0 Å². The molecule has 1 fully saturated rings. The predicted molar refractivity (Wildman–Crippen MR) is 94.7 cm³/mol. The van der Waals surface area contributed by atoms with E-state index >= 15 is 0 Å². The van der Waals surface area contributed by atoms with Gasteiger partial charge in [-0.2, -0.15) is 9.40 Å². The van der Waals surface area contributed by atoms with Gasteiger partial charge in [0.05, 0.1) is 35.9 Å². The third-order valence-electron chi connectivity index (χ3n) is 4.27. The highest BCUT2D eigenvalue weighted by atomic mass is 79.9. The second-order valence-electron chi connectivity index (χ2n) is 6.03. The van der Waals surface area contributed by atoms with Gasteiger partial charge < -0.3 is 11.1 Å². The van der Waals surface area contributed by atoms with Gasteiger partial charge in [0.2, 0.25) is 10.0 Å². The third kappa shape index (κ3) is 3.48. The number of primary amides is 1. The molecule has 3 heterocycles. The fraction of sp³-hybridized carbons (Fsp3) is 0.429. The molecule has 1 amide bonds. The summed E-state index contributed by atoms with van der Waals surface area (Å²) in [6.45, 7) is -0.478. The number of nitrogens with two attached hydrogens (primary N) is 1. The van der Waals surface area contributed by atoms with Crippen LogP contribution in [-0.4, -0.2) is 60.3 Å². The number of nitrogens with zero attached hydrogens (tertiary/aromatic N) is 3. The first-order valence-electron chi connectivity index (χ1n) is 7.45. The van der Waals surface area contributed by atoms with E-state index in [0.29, 0.717) is 11.2 Å². The SMILES string of the molecule is CS(=O)(=O)N1C[C@H](CF)[C@H](Nc2c(C(N)=O)cnn3cc(Br)cc23)C1. The van der Waals surface area contributed by atoms with Crippen LogP contribution in [-0.2, 0) is 10.0 Å². The molecular weight excluding hydrogens is 417 g/mol. The van der Waals surface area contributed by atoms with Crippen molar-refractivity contribution in [1.29, 1.82) is 0 Å². The number of carbonyl (C=O) groups excluding carboxylic acids is 1. The Morgan fingerprint density at radius 2 is 2.24 bits per heavy atom. The first kappa shape index (κ1) is 18.1. The molecule has 0 bridgehead atoms. The lowest BCUT2D eigenvalue weighted by molar-refractivity contribution is 0.100. The van der Waals surface area contributed by atoms with Gasteiger partial charge in [-0.15, -0.1) is 0 Å². The largest absolute Gasteiger partial charge is 0.378 e. The molecule has 2 aromatic rings. The van der Waals surface area contributed by atoms with Crippen molar-refractivity contribution in [3.8, 4) is 0 Å². The molecule has 2 aromatic heterocycles. The number of sulfonamides is 1. The summed E-state index contributed by atoms with van der Waals surface area (Å²) in [5, 5.41) is 7.24. The third-order valence-corrected chi connectivity index (χ3v) is 5.94. The Bertz CT molecular complexity index is 932. The molecule has 11 heteroatoms. The molecule has 2 atom stereocenters. The van der Waals surface area contributed by atoms with Crippen molar-refractivity contribution < 1.29 is 17.6 Å². The van der Waals surface area contributed by atoms with Crippen molar-refractivity contribution in [2.75, 3.05) is 31.3 Å². The second-order valence-corrected chi connectivity index (χ2v) is 8.93. The van der Waals surface area contributed by atoms with E-state index in [2.05, 4.69) is 26.3 Å². The number of alkyl halides is 1. The molecule has 136 valence electrons. The van der Waals surface area contributed by atoms with Crippen LogP contribution in [0.1, 0.15) is 10.4 Å². The van der Waals surface area contributed by atoms with Crippen molar-refractivity contribution >= 4 is 43.1 Å². The van der Waals surface area contributed by atoms with Crippen molar-refractivity contribution in [3.63, 3.8) is 0 Å². The van der Waals surface area contributed by atoms with E-state index in [-0.39, 0.29) is 18.7 Å². The van der Waals surface area contributed by atoms with E-state index in [1.165, 1.54) is 10.5 Å². The van der Waals surface area contributed by atoms with Crippen molar-refractivity contribution in [3.05, 3.63) is 28.5 Å². The summed E-state index contributed by atoms with van der Waals surface area (Å²) in [5.74, 6) is -1.20. The molecule has 0 unspecified atom stereocenters. The quantitative estimate of drug-likeness (QED) is 0.725. The van der Waals surface area contributed by atoms with Crippen LogP contribution in [0.25, 0.3) is 5.52 Å². The van der Waals surface area contributed by atoms with Crippen LogP contribution in [0.4, 0.5) is 10.1 Å². The van der Waals surface area contributed by atoms with Crippen LogP contribution in [0.15, 0.2) is 22.9 Å². The Labute approximate surface area is 152 Å². The number of hydrogen-bond acceptors (Lipinski definition) is 5. The molecule has 8 nitrogen and oxygen atoms in total. The maximum absolute atomic E-state index is 13.4. The number of amides is 1. The lowest BCUT2D eigenvalue weighted by Gasteiger charge is -2.21. The van der Waals surface area contributed by atoms with Crippen LogP contribution in [0.3, 0.4) is 0 Å². The van der Waals surface area contributed by atoms with Crippen LogP contribution in [0, 0.1) is 5.92 Å². The van der Waals surface area contributed by atoms with Gasteiger partial charge >= 0.3 is 0 Å². The van der Waals surface area contributed by atoms with E-state index in [1.807, 2.05) is 0 Å². The Morgan fingerprint density at radius 3 is 2.84 bits per heavy atom. The van der Waals surface area contributed by atoms with E-state index in [1.54, 1.807) is 16.8 Å². The summed E-state index contributed by atoms with van der Waals surface area (Å²) in [7, 11) is -3.43. The number of hydrogen-bond donors (Lipinski definition) is 2. The summed E-state index contributed by atoms with van der Waals surface area (Å²) in [6, 6.07) is 1.26. The van der Waals surface area contributed by atoms with Gasteiger partial charge in [0.1, 0.15) is 0 Å². The summed E-state index contributed by atoms with van der Waals surface area (Å²) < 4.78 is 40.5. The molecule has 0 aliphatic carbocycles. The summed E-state index contributed by atoms with van der Waals surface area (Å²) in [5.41, 5.74) is 6.58. The van der Waals surface area contributed by atoms with Crippen LogP contribution in [0.5, 0.6) is 0 Å². The first-order chi connectivity index (χ1) is 11.7. The molecule has 0 radical (unpaired) electrons. The number of nitrogens with one attached hydrogen (secondary N) is 1. The van der Waals surface area contributed by atoms with Gasteiger partial charge in [-0.3, -0.25) is 9.18 Å². The lowest BCUT2D eigenvalue weighted by atomic mass is 10.0. The zero-order chi connectivity index (χ0) is 18.4. The van der Waals surface area contributed by atoms with Crippen LogP contribution in [0.2, 0.25) is 0 Å². The van der Waals surface area contributed by atoms with Gasteiger partial charge in [-0.05, 0) is 22.0 Å². The summed E-state index contributed by atoms with van der Waals surface area (Å²) in [6.07, 6.45) is 4.13. The molecule has 25 heavy (non-hydrogen) atoms. The van der Waals surface area contributed by atoms with E-state index in [4.69, 9.17) is 5.73 Å². The van der Waals surface area contributed by atoms with Crippen LogP contribution >= 0.6 is 15.9 Å². The van der Waals surface area contributed by atoms with Crippen molar-refractivity contribution in [2.45, 2.75) is 6.04 Å². The Morgan fingerprint density at radius 1 is 1.52 bits per heavy atom. The van der Waals surface area contributed by atoms with Gasteiger partial charge in [-0.25, -0.2) is 12.9 Å². The van der Waals surface area contributed by atoms with Gasteiger partial charge in [-0.1, -0.05) is 0 Å². The summed E-state index contributed by atoms with van der Waals surface area (Å²) in [4.78, 5) is 11.8. The number of anilines is 1. The zero-order valence-corrected chi connectivity index (χ0v) is 15.7. The van der Waals surface area contributed by atoms with Crippen molar-refractivity contribution in [2.24, 2.45) is 11.7 Å². The van der Waals surface area contributed by atoms with E-state index < -0.39 is 34.6 Å². The van der Waals surface area contributed by atoms with Gasteiger partial charge in [0, 0.05) is 35.7 Å². The highest BCUT2D eigenvalue weighted by Crippen LogP contribution is 2.30. The first-order valence-corrected chi connectivity index (χ1v) is 10.1. The number of halogens is 2. The highest BCUT2D eigenvalue weighted by molar-refractivity contribution is 9.10. The zero-order valence-electron chi connectivity index (χ0n) is 13.3. The van der Waals surface area contributed by atoms with E-state index in [0.717, 1.165) is 10.7 Å². The fourth-order valence-electron chi connectivity index (χ4n) is 2.97. The Balaban J connectivity index is 2.01. The molecule has 3 rings (SSSR count). The average molecular weight is 434 g/mol. The molecule has 3 N–H and O–H groups in total. The Kier molecular flexibility index (Phi) is 4.73. The number of fused-ring (bicyclic) bond motifs is 1. The monoisotopic (exact) mass is 433 g/mol. The minimum atomic E-state index is -3.43. The van der Waals surface area contributed by atoms with E-state index in [9.17, 15) is 17.6 Å². The lowest BCUT2D eigenvalue weighted by Crippen LogP contribution is -2.32. The van der Waals surface area contributed by atoms with Crippen LogP contribution < -0.4 is 11.1 Å². The maximum atomic E-state index is 13.4. The molecule has 0 saturated carbocycles. The molecule has 1 aliphatic heterocycles. The minimum Gasteiger partial charge on any atom is -0.378 e. The number of carbonyl (C=O) groups is 1. The van der Waals surface area contributed by atoms with Gasteiger partial charge in [0.25, 0.3) is 5.91 Å². The minimum absolute atomic E-state index is 0.0883. The molecule has 0 aromatic carbocycles. The molecule has 1 saturated heterocycles. The number of aromatic nitrogens is 2. The number of rotatable bonds is 5. The molecular formula is C14H17BrFN5O3S. The molecule has 0 spiro atoms. The fourth-order valence-corrected chi connectivity index (χ4v) is 4.28. The molecule has 1 aliphatic rings. The predicted octanol–water partition coefficient (Wildman–Crippen LogP) is 0.837. The smallest absolute Gasteiger partial charge is 0.252 e. The standard InChI is InChI=1S/C14H17BrFN5O3S/c1-25(23,24)20-5-8(3-16)11(7-20)19-13-10(14(17)22)4-18-21-6-9(15)2-12(13)21/h2,4,6,8,11,19H,3,5,7H2,1H3,(H2,17,22)/t8-,11+/m0/s1. The highest BCUT2D eigenvalue weighted by Gasteiger charge is 2.37. The topological polar surface area (TPSA) is 110 Å².